The van der Waals surface area contributed by atoms with E-state index in [4.69, 9.17) is 0 Å². The van der Waals surface area contributed by atoms with Gasteiger partial charge in [-0.15, -0.1) is 11.8 Å². The van der Waals surface area contributed by atoms with Crippen molar-refractivity contribution in [2.75, 3.05) is 45.0 Å². The first kappa shape index (κ1) is 22.3. The van der Waals surface area contributed by atoms with E-state index in [1.165, 1.54) is 9.20 Å². The predicted molar refractivity (Wildman–Crippen MR) is 120 cm³/mol. The Morgan fingerprint density at radius 2 is 1.66 bits per heavy atom. The molecule has 9 heteroatoms. The first-order chi connectivity index (χ1) is 13.9. The third kappa shape index (κ3) is 6.55. The van der Waals surface area contributed by atoms with E-state index in [1.807, 2.05) is 35.2 Å². The largest absolute Gasteiger partial charge is 0.354 e. The van der Waals surface area contributed by atoms with E-state index in [1.54, 1.807) is 36.0 Å². The van der Waals surface area contributed by atoms with E-state index in [2.05, 4.69) is 21.2 Å². The average Bonchev–Trinajstić information content (AvgIpc) is 2.73. The molecular formula is C20H24BrN3O3S2. The van der Waals surface area contributed by atoms with E-state index in [-0.39, 0.29) is 5.91 Å². The molecule has 2 aromatic carbocycles. The van der Waals surface area contributed by atoms with E-state index in [9.17, 15) is 13.2 Å². The monoisotopic (exact) mass is 497 g/mol. The molecule has 0 radical (unpaired) electrons. The van der Waals surface area contributed by atoms with Crippen LogP contribution in [0.15, 0.2) is 68.9 Å². The maximum absolute atomic E-state index is 12.7. The van der Waals surface area contributed by atoms with Crippen LogP contribution in [0.25, 0.3) is 0 Å². The number of nitrogens with one attached hydrogen (secondary N) is 1. The lowest BCUT2D eigenvalue weighted by atomic mass is 10.3. The van der Waals surface area contributed by atoms with Gasteiger partial charge in [-0.25, -0.2) is 8.42 Å². The van der Waals surface area contributed by atoms with Crippen molar-refractivity contribution in [2.45, 2.75) is 9.79 Å². The van der Waals surface area contributed by atoms with Gasteiger partial charge in [0.25, 0.3) is 0 Å². The maximum Gasteiger partial charge on any atom is 0.243 e. The van der Waals surface area contributed by atoms with Crippen LogP contribution in [0.1, 0.15) is 0 Å². The summed E-state index contributed by atoms with van der Waals surface area (Å²) >= 11 is 5.02. The number of piperazine rings is 1. The summed E-state index contributed by atoms with van der Waals surface area (Å²) in [5.41, 5.74) is 0. The molecule has 1 saturated heterocycles. The highest BCUT2D eigenvalue weighted by molar-refractivity contribution is 9.10. The van der Waals surface area contributed by atoms with Crippen LogP contribution in [-0.2, 0) is 14.8 Å². The zero-order chi connectivity index (χ0) is 20.7. The van der Waals surface area contributed by atoms with E-state index < -0.39 is 10.0 Å². The second-order valence-electron chi connectivity index (χ2n) is 6.65. The van der Waals surface area contributed by atoms with Gasteiger partial charge in [0.15, 0.2) is 0 Å². The van der Waals surface area contributed by atoms with Crippen LogP contribution in [0.2, 0.25) is 0 Å². The second-order valence-corrected chi connectivity index (χ2v) is 10.7. The number of benzene rings is 2. The van der Waals surface area contributed by atoms with Gasteiger partial charge in [-0.05, 0) is 36.4 Å². The molecule has 0 spiro atoms. The molecule has 0 bridgehead atoms. The lowest BCUT2D eigenvalue weighted by Crippen LogP contribution is -2.51. The molecular weight excluding hydrogens is 474 g/mol. The zero-order valence-electron chi connectivity index (χ0n) is 16.0. The molecule has 1 fully saturated rings. The third-order valence-corrected chi connectivity index (χ3v) is 8.04. The van der Waals surface area contributed by atoms with Crippen molar-refractivity contribution in [1.29, 1.82) is 0 Å². The number of rotatable bonds is 8. The van der Waals surface area contributed by atoms with Crippen molar-refractivity contribution in [3.05, 3.63) is 59.1 Å². The molecule has 3 rings (SSSR count). The summed E-state index contributed by atoms with van der Waals surface area (Å²) in [4.78, 5) is 15.6. The highest BCUT2D eigenvalue weighted by atomic mass is 79.9. The minimum atomic E-state index is -3.49. The summed E-state index contributed by atoms with van der Waals surface area (Å²) in [5, 5.41) is 2.94. The molecule has 6 nitrogen and oxygen atoms in total. The number of amides is 1. The standard InChI is InChI=1S/C20H24BrN3O3S2/c21-17-6-8-19(9-7-17)29(26,27)24-13-11-23(12-14-24)16-20(25)22-10-15-28-18-4-2-1-3-5-18/h1-9H,10-16H2,(H,22,25). The molecule has 0 atom stereocenters. The van der Waals surface area contributed by atoms with Gasteiger partial charge in [-0.1, -0.05) is 34.1 Å². The second kappa shape index (κ2) is 10.6. The Hall–Kier alpha value is -1.39. The fraction of sp³-hybridized carbons (Fsp3) is 0.350. The summed E-state index contributed by atoms with van der Waals surface area (Å²) in [5.74, 6) is 0.789. The number of hydrogen-bond donors (Lipinski definition) is 1. The minimum absolute atomic E-state index is 0.0251. The highest BCUT2D eigenvalue weighted by Crippen LogP contribution is 2.20. The van der Waals surface area contributed by atoms with Gasteiger partial charge in [0.2, 0.25) is 15.9 Å². The summed E-state index contributed by atoms with van der Waals surface area (Å²) in [7, 11) is -3.49. The number of carbonyl (C=O) groups excluding carboxylic acids is 1. The van der Waals surface area contributed by atoms with Crippen LogP contribution in [-0.4, -0.2) is 68.6 Å². The van der Waals surface area contributed by atoms with Gasteiger partial charge >= 0.3 is 0 Å². The minimum Gasteiger partial charge on any atom is -0.354 e. The van der Waals surface area contributed by atoms with Gasteiger partial charge in [-0.3, -0.25) is 9.69 Å². The Morgan fingerprint density at radius 3 is 2.31 bits per heavy atom. The van der Waals surface area contributed by atoms with Crippen LogP contribution in [0.5, 0.6) is 0 Å². The lowest BCUT2D eigenvalue weighted by Gasteiger charge is -2.33. The van der Waals surface area contributed by atoms with Crippen LogP contribution in [0, 0.1) is 0 Å². The van der Waals surface area contributed by atoms with Gasteiger partial charge in [-0.2, -0.15) is 4.31 Å². The summed E-state index contributed by atoms with van der Waals surface area (Å²) in [6.45, 7) is 2.76. The fourth-order valence-corrected chi connectivity index (χ4v) is 5.49. The maximum atomic E-state index is 12.7. The van der Waals surface area contributed by atoms with Gasteiger partial charge < -0.3 is 5.32 Å². The molecule has 1 heterocycles. The summed E-state index contributed by atoms with van der Waals surface area (Å²) < 4.78 is 27.8. The van der Waals surface area contributed by atoms with Crippen molar-refractivity contribution >= 4 is 43.6 Å². The van der Waals surface area contributed by atoms with E-state index in [0.29, 0.717) is 44.2 Å². The number of hydrogen-bond acceptors (Lipinski definition) is 5. The van der Waals surface area contributed by atoms with Crippen molar-refractivity contribution in [1.82, 2.24) is 14.5 Å². The molecule has 1 N–H and O–H groups in total. The molecule has 156 valence electrons. The Balaban J connectivity index is 1.39. The van der Waals surface area contributed by atoms with Crippen molar-refractivity contribution in [3.63, 3.8) is 0 Å². The van der Waals surface area contributed by atoms with E-state index in [0.717, 1.165) is 10.2 Å². The first-order valence-corrected chi connectivity index (χ1v) is 12.6. The van der Waals surface area contributed by atoms with Gasteiger partial charge in [0.05, 0.1) is 11.4 Å². The van der Waals surface area contributed by atoms with Crippen LogP contribution in [0.3, 0.4) is 0 Å². The molecule has 1 amide bonds. The van der Waals surface area contributed by atoms with Crippen molar-refractivity contribution < 1.29 is 13.2 Å². The molecule has 1 aliphatic rings. The molecule has 0 aliphatic carbocycles. The normalized spacial score (nSPS) is 15.9. The molecule has 0 unspecified atom stereocenters. The number of carbonyl (C=O) groups is 1. The summed E-state index contributed by atoms with van der Waals surface area (Å²) in [6.07, 6.45) is 0. The number of nitrogens with zero attached hydrogens (tertiary/aromatic N) is 2. The van der Waals surface area contributed by atoms with Crippen LogP contribution < -0.4 is 5.32 Å². The average molecular weight is 498 g/mol. The van der Waals surface area contributed by atoms with Gasteiger partial charge in [0, 0.05) is 47.8 Å². The topological polar surface area (TPSA) is 69.7 Å². The Kier molecular flexibility index (Phi) is 8.14. The molecule has 0 aromatic heterocycles. The summed E-state index contributed by atoms with van der Waals surface area (Å²) in [6, 6.07) is 16.7. The highest BCUT2D eigenvalue weighted by Gasteiger charge is 2.28. The zero-order valence-corrected chi connectivity index (χ0v) is 19.2. The molecule has 29 heavy (non-hydrogen) atoms. The first-order valence-electron chi connectivity index (χ1n) is 9.38. The predicted octanol–water partition coefficient (Wildman–Crippen LogP) is 2.66. The SMILES string of the molecule is O=C(CN1CCN(S(=O)(=O)c2ccc(Br)cc2)CC1)NCCSc1ccccc1. The number of halogens is 1. The lowest BCUT2D eigenvalue weighted by molar-refractivity contribution is -0.122. The van der Waals surface area contributed by atoms with Crippen molar-refractivity contribution in [2.24, 2.45) is 0 Å². The third-order valence-electron chi connectivity index (χ3n) is 4.59. The smallest absolute Gasteiger partial charge is 0.243 e. The quantitative estimate of drug-likeness (QED) is 0.448. The number of thioether (sulfide) groups is 1. The fourth-order valence-electron chi connectivity index (χ4n) is 3.02. The Bertz CT molecular complexity index is 900. The Labute approximate surface area is 184 Å². The van der Waals surface area contributed by atoms with E-state index >= 15 is 0 Å². The molecule has 2 aromatic rings. The number of sulfonamides is 1. The molecule has 0 saturated carbocycles. The van der Waals surface area contributed by atoms with Crippen LogP contribution in [0.4, 0.5) is 0 Å². The molecule has 1 aliphatic heterocycles. The van der Waals surface area contributed by atoms with Gasteiger partial charge in [0.1, 0.15) is 0 Å². The van der Waals surface area contributed by atoms with Crippen molar-refractivity contribution in [3.8, 4) is 0 Å². The van der Waals surface area contributed by atoms with Crippen LogP contribution >= 0.6 is 27.7 Å². The Morgan fingerprint density at radius 1 is 1.00 bits per heavy atom.